The van der Waals surface area contributed by atoms with Crippen molar-refractivity contribution in [1.29, 1.82) is 0 Å². The number of hydrogen-bond acceptors (Lipinski definition) is 4. The van der Waals surface area contributed by atoms with Gasteiger partial charge in [0.15, 0.2) is 0 Å². The fraction of sp³-hybridized carbons (Fsp3) is 0.188. The van der Waals surface area contributed by atoms with E-state index >= 15 is 0 Å². The molecule has 5 heteroatoms. The summed E-state index contributed by atoms with van der Waals surface area (Å²) in [5.41, 5.74) is 9.01. The molecule has 3 rings (SSSR count). The molecule has 106 valence electrons. The van der Waals surface area contributed by atoms with Crippen LogP contribution in [0.2, 0.25) is 0 Å². The van der Waals surface area contributed by atoms with E-state index in [9.17, 15) is 0 Å². The van der Waals surface area contributed by atoms with Crippen LogP contribution in [0, 0.1) is 0 Å². The Labute approximate surface area is 123 Å². The fourth-order valence-corrected chi connectivity index (χ4v) is 2.22. The summed E-state index contributed by atoms with van der Waals surface area (Å²) in [4.78, 5) is 1.55. The number of benzene rings is 2. The zero-order valence-electron chi connectivity index (χ0n) is 11.8. The lowest BCUT2D eigenvalue weighted by Crippen LogP contribution is -2.13. The topological polar surface area (TPSA) is 69.6 Å². The summed E-state index contributed by atoms with van der Waals surface area (Å²) in [7, 11) is 0. The van der Waals surface area contributed by atoms with E-state index in [4.69, 9.17) is 5.73 Å². The van der Waals surface area contributed by atoms with E-state index in [0.29, 0.717) is 5.82 Å². The largest absolute Gasteiger partial charge is 0.324 e. The van der Waals surface area contributed by atoms with Gasteiger partial charge in [-0.3, -0.25) is 0 Å². The number of aromatic nitrogens is 4. The summed E-state index contributed by atoms with van der Waals surface area (Å²) in [5.74, 6) is 0.607. The van der Waals surface area contributed by atoms with Crippen molar-refractivity contribution in [3.8, 4) is 17.1 Å². The highest BCUT2D eigenvalue weighted by molar-refractivity contribution is 5.53. The Kier molecular flexibility index (Phi) is 3.75. The third kappa shape index (κ3) is 2.68. The zero-order chi connectivity index (χ0) is 14.7. The minimum absolute atomic E-state index is 0.0348. The van der Waals surface area contributed by atoms with Crippen molar-refractivity contribution >= 4 is 0 Å². The van der Waals surface area contributed by atoms with Crippen LogP contribution in [0.5, 0.6) is 0 Å². The molecule has 0 bridgehead atoms. The Balaban J connectivity index is 2.01. The van der Waals surface area contributed by atoms with Crippen LogP contribution in [-0.2, 0) is 0 Å². The van der Waals surface area contributed by atoms with Gasteiger partial charge in [0.2, 0.25) is 5.82 Å². The molecule has 5 nitrogen and oxygen atoms in total. The summed E-state index contributed by atoms with van der Waals surface area (Å²) in [6.45, 7) is 2.06. The van der Waals surface area contributed by atoms with Gasteiger partial charge in [-0.25, -0.2) is 0 Å². The van der Waals surface area contributed by atoms with Crippen molar-refractivity contribution in [3.05, 3.63) is 60.2 Å². The summed E-state index contributed by atoms with van der Waals surface area (Å²) in [6, 6.07) is 17.7. The van der Waals surface area contributed by atoms with Crippen LogP contribution in [0.1, 0.15) is 24.9 Å². The van der Waals surface area contributed by atoms with Gasteiger partial charge in [0.1, 0.15) is 0 Å². The first-order chi connectivity index (χ1) is 10.3. The van der Waals surface area contributed by atoms with Crippen molar-refractivity contribution in [2.75, 3.05) is 0 Å². The van der Waals surface area contributed by atoms with E-state index in [1.807, 2.05) is 54.6 Å². The second-order valence-corrected chi connectivity index (χ2v) is 4.84. The third-order valence-electron chi connectivity index (χ3n) is 3.44. The van der Waals surface area contributed by atoms with Crippen LogP contribution in [0.25, 0.3) is 17.1 Å². The minimum Gasteiger partial charge on any atom is -0.324 e. The maximum Gasteiger partial charge on any atom is 0.205 e. The van der Waals surface area contributed by atoms with Crippen molar-refractivity contribution in [2.45, 2.75) is 19.4 Å². The van der Waals surface area contributed by atoms with Gasteiger partial charge in [-0.15, -0.1) is 15.0 Å². The van der Waals surface area contributed by atoms with Crippen molar-refractivity contribution in [1.82, 2.24) is 20.2 Å². The molecule has 2 N–H and O–H groups in total. The Morgan fingerprint density at radius 3 is 2.52 bits per heavy atom. The molecular formula is C16H17N5. The van der Waals surface area contributed by atoms with Crippen molar-refractivity contribution in [2.24, 2.45) is 5.73 Å². The second kappa shape index (κ2) is 5.85. The Bertz CT molecular complexity index is 720. The average molecular weight is 279 g/mol. The van der Waals surface area contributed by atoms with E-state index in [1.165, 1.54) is 0 Å². The lowest BCUT2D eigenvalue weighted by molar-refractivity contribution is 0.660. The van der Waals surface area contributed by atoms with Gasteiger partial charge in [-0.1, -0.05) is 55.5 Å². The molecular weight excluding hydrogens is 262 g/mol. The standard InChI is InChI=1S/C16H17N5/c1-2-14(17)13-10-6-7-11-15(13)21-19-16(18-20-21)12-8-4-3-5-9-12/h3-11,14H,2,17H2,1H3. The summed E-state index contributed by atoms with van der Waals surface area (Å²) >= 11 is 0. The molecule has 3 aromatic rings. The zero-order valence-corrected chi connectivity index (χ0v) is 11.8. The van der Waals surface area contributed by atoms with E-state index in [1.54, 1.807) is 4.80 Å². The van der Waals surface area contributed by atoms with Crippen LogP contribution in [0.15, 0.2) is 54.6 Å². The molecule has 0 fully saturated rings. The molecule has 0 aliphatic rings. The number of rotatable bonds is 4. The quantitative estimate of drug-likeness (QED) is 0.797. The van der Waals surface area contributed by atoms with Gasteiger partial charge < -0.3 is 5.73 Å². The van der Waals surface area contributed by atoms with Crippen LogP contribution < -0.4 is 5.73 Å². The summed E-state index contributed by atoms with van der Waals surface area (Å²) < 4.78 is 0. The van der Waals surface area contributed by atoms with Crippen molar-refractivity contribution < 1.29 is 0 Å². The minimum atomic E-state index is -0.0348. The SMILES string of the molecule is CCC(N)c1ccccc1-n1nnc(-c2ccccc2)n1. The number of tetrazole rings is 1. The van der Waals surface area contributed by atoms with Gasteiger partial charge in [-0.2, -0.15) is 0 Å². The Morgan fingerprint density at radius 1 is 1.05 bits per heavy atom. The van der Waals surface area contributed by atoms with Gasteiger partial charge in [0, 0.05) is 11.6 Å². The van der Waals surface area contributed by atoms with Gasteiger partial charge in [0.25, 0.3) is 0 Å². The normalized spacial score (nSPS) is 12.3. The summed E-state index contributed by atoms with van der Waals surface area (Å²) in [6.07, 6.45) is 0.858. The predicted octanol–water partition coefficient (Wildman–Crippen LogP) is 2.74. The van der Waals surface area contributed by atoms with Crippen LogP contribution >= 0.6 is 0 Å². The molecule has 2 aromatic carbocycles. The number of para-hydroxylation sites is 1. The molecule has 21 heavy (non-hydrogen) atoms. The monoisotopic (exact) mass is 279 g/mol. The number of hydrogen-bond donors (Lipinski definition) is 1. The molecule has 0 spiro atoms. The molecule has 1 unspecified atom stereocenters. The van der Waals surface area contributed by atoms with Gasteiger partial charge in [0.05, 0.1) is 5.69 Å². The van der Waals surface area contributed by atoms with E-state index in [-0.39, 0.29) is 6.04 Å². The first-order valence-corrected chi connectivity index (χ1v) is 7.00. The van der Waals surface area contributed by atoms with E-state index < -0.39 is 0 Å². The second-order valence-electron chi connectivity index (χ2n) is 4.84. The molecule has 0 radical (unpaired) electrons. The highest BCUT2D eigenvalue weighted by Gasteiger charge is 2.13. The maximum absolute atomic E-state index is 6.16. The highest BCUT2D eigenvalue weighted by Crippen LogP contribution is 2.22. The lowest BCUT2D eigenvalue weighted by atomic mass is 10.0. The molecule has 1 aromatic heterocycles. The highest BCUT2D eigenvalue weighted by atomic mass is 15.6. The van der Waals surface area contributed by atoms with Crippen LogP contribution in [-0.4, -0.2) is 20.2 Å². The Morgan fingerprint density at radius 2 is 1.76 bits per heavy atom. The van der Waals surface area contributed by atoms with Crippen molar-refractivity contribution in [3.63, 3.8) is 0 Å². The molecule has 0 saturated carbocycles. The third-order valence-corrected chi connectivity index (χ3v) is 3.44. The smallest absolute Gasteiger partial charge is 0.205 e. The molecule has 1 heterocycles. The molecule has 0 aliphatic carbocycles. The molecule has 0 aliphatic heterocycles. The van der Waals surface area contributed by atoms with Crippen LogP contribution in [0.3, 0.4) is 0 Å². The van der Waals surface area contributed by atoms with Gasteiger partial charge >= 0.3 is 0 Å². The Hall–Kier alpha value is -2.53. The fourth-order valence-electron chi connectivity index (χ4n) is 2.22. The number of nitrogens with zero attached hydrogens (tertiary/aromatic N) is 4. The van der Waals surface area contributed by atoms with E-state index in [2.05, 4.69) is 22.3 Å². The molecule has 0 amide bonds. The first kappa shape index (κ1) is 13.5. The van der Waals surface area contributed by atoms with E-state index in [0.717, 1.165) is 23.2 Å². The molecule has 0 saturated heterocycles. The van der Waals surface area contributed by atoms with Gasteiger partial charge in [-0.05, 0) is 23.3 Å². The molecule has 1 atom stereocenters. The summed E-state index contributed by atoms with van der Waals surface area (Å²) in [5, 5.41) is 12.8. The first-order valence-electron chi connectivity index (χ1n) is 7.00. The number of nitrogens with two attached hydrogens (primary N) is 1. The lowest BCUT2D eigenvalue weighted by Gasteiger charge is -2.13. The van der Waals surface area contributed by atoms with Crippen LogP contribution in [0.4, 0.5) is 0 Å². The predicted molar refractivity (Wildman–Crippen MR) is 81.8 cm³/mol. The average Bonchev–Trinajstić information content (AvgIpc) is 3.05. The maximum atomic E-state index is 6.16.